The van der Waals surface area contributed by atoms with Crippen molar-refractivity contribution in [3.05, 3.63) is 11.8 Å². The second-order valence-corrected chi connectivity index (χ2v) is 7.34. The van der Waals surface area contributed by atoms with Crippen LogP contribution in [0.4, 0.5) is 0 Å². The van der Waals surface area contributed by atoms with E-state index in [0.29, 0.717) is 12.2 Å². The molecule has 0 fully saturated rings. The quantitative estimate of drug-likeness (QED) is 0.198. The first-order valence-electron chi connectivity index (χ1n) is 10.1. The lowest BCUT2D eigenvalue weighted by atomic mass is 9.87. The van der Waals surface area contributed by atoms with Crippen molar-refractivity contribution in [1.82, 2.24) is 0 Å². The zero-order valence-corrected chi connectivity index (χ0v) is 17.6. The Hall–Kier alpha value is -1.80. The number of unbranched alkanes of at least 4 members (excludes halogenated alkanes) is 4. The molecular formula is C20H37N3O5. The minimum atomic E-state index is -0.827. The number of hydrogen-bond donors (Lipinski definition) is 3. The summed E-state index contributed by atoms with van der Waals surface area (Å²) >= 11 is 0. The van der Waals surface area contributed by atoms with Crippen molar-refractivity contribution < 1.29 is 24.1 Å². The number of aliphatic hydroxyl groups is 1. The molecule has 0 spiro atoms. The first-order valence-corrected chi connectivity index (χ1v) is 10.1. The fourth-order valence-electron chi connectivity index (χ4n) is 3.45. The number of guanidine groups is 1. The Bertz CT molecular complexity index is 534. The molecule has 1 rings (SSSR count). The lowest BCUT2D eigenvalue weighted by Crippen LogP contribution is -2.51. The molecule has 0 amide bonds. The number of carbonyl (C=O) groups excluding carboxylic acids is 1. The van der Waals surface area contributed by atoms with Crippen LogP contribution in [0.3, 0.4) is 0 Å². The molecule has 0 bridgehead atoms. The Morgan fingerprint density at radius 2 is 2.00 bits per heavy atom. The molecule has 0 unspecified atom stereocenters. The average molecular weight is 400 g/mol. The fourth-order valence-corrected chi connectivity index (χ4v) is 3.45. The lowest BCUT2D eigenvalue weighted by molar-refractivity contribution is -0.172. The molecule has 28 heavy (non-hydrogen) atoms. The number of aliphatic imine (C=N–C) groups is 1. The number of methoxy groups -OCH3 is 1. The Labute approximate surface area is 168 Å². The van der Waals surface area contributed by atoms with Crippen molar-refractivity contribution in [3.8, 4) is 0 Å². The van der Waals surface area contributed by atoms with E-state index < -0.39 is 18.3 Å². The number of rotatable bonds is 12. The zero-order chi connectivity index (χ0) is 21.1. The van der Waals surface area contributed by atoms with Gasteiger partial charge in [-0.25, -0.2) is 4.99 Å². The topological polar surface area (TPSA) is 129 Å². The molecule has 0 aromatic rings. The summed E-state index contributed by atoms with van der Waals surface area (Å²) in [6, 6.07) is -0.282. The molecule has 0 saturated heterocycles. The van der Waals surface area contributed by atoms with Crippen LogP contribution in [0.1, 0.15) is 59.3 Å². The molecule has 0 aromatic heterocycles. The van der Waals surface area contributed by atoms with Crippen molar-refractivity contribution in [2.45, 2.75) is 83.6 Å². The van der Waals surface area contributed by atoms with E-state index in [0.717, 1.165) is 25.7 Å². The highest BCUT2D eigenvalue weighted by molar-refractivity contribution is 5.76. The van der Waals surface area contributed by atoms with Crippen LogP contribution in [-0.4, -0.2) is 55.1 Å². The minimum absolute atomic E-state index is 0.0104. The number of nitrogens with two attached hydrogens (primary N) is 2. The van der Waals surface area contributed by atoms with Crippen molar-refractivity contribution in [2.75, 3.05) is 13.7 Å². The summed E-state index contributed by atoms with van der Waals surface area (Å²) in [5.74, 6) is 0.162. The highest BCUT2D eigenvalue weighted by Gasteiger charge is 2.41. The summed E-state index contributed by atoms with van der Waals surface area (Å²) in [4.78, 5) is 16.4. The van der Waals surface area contributed by atoms with E-state index in [4.69, 9.17) is 25.7 Å². The van der Waals surface area contributed by atoms with Crippen LogP contribution < -0.4 is 11.5 Å². The number of ether oxygens (including phenoxy) is 3. The van der Waals surface area contributed by atoms with Gasteiger partial charge in [0.2, 0.25) is 0 Å². The normalized spacial score (nSPS) is 23.9. The summed E-state index contributed by atoms with van der Waals surface area (Å²) in [5.41, 5.74) is 11.1. The molecule has 5 N–H and O–H groups in total. The lowest BCUT2D eigenvalue weighted by Gasteiger charge is -2.39. The standard InChI is InChI=1S/C20H37N3O5/c1-5-6-7-8-9-10-17(25)28-16(12-24)19(26-4)18-14(3)15(23-20(21)22)11-13(2)27-18/h11,14-16,18-19,24H,5-10,12H2,1-4H3,(H4,21,22,23)/t14-,15+,16-,18-,19-/m1/s1. The molecule has 0 saturated carbocycles. The number of nitrogens with zero attached hydrogens (tertiary/aromatic N) is 1. The van der Waals surface area contributed by atoms with Crippen molar-refractivity contribution >= 4 is 11.9 Å². The third-order valence-corrected chi connectivity index (χ3v) is 4.99. The van der Waals surface area contributed by atoms with Gasteiger partial charge in [0.15, 0.2) is 12.1 Å². The highest BCUT2D eigenvalue weighted by Crippen LogP contribution is 2.30. The Morgan fingerprint density at radius 1 is 1.32 bits per heavy atom. The first kappa shape index (κ1) is 24.2. The van der Waals surface area contributed by atoms with E-state index in [-0.39, 0.29) is 30.5 Å². The molecule has 162 valence electrons. The predicted octanol–water partition coefficient (Wildman–Crippen LogP) is 1.85. The van der Waals surface area contributed by atoms with Crippen LogP contribution in [-0.2, 0) is 19.0 Å². The van der Waals surface area contributed by atoms with Crippen LogP contribution in [0.5, 0.6) is 0 Å². The maximum atomic E-state index is 12.2. The van der Waals surface area contributed by atoms with Gasteiger partial charge in [0.1, 0.15) is 12.2 Å². The van der Waals surface area contributed by atoms with Crippen LogP contribution in [0, 0.1) is 5.92 Å². The van der Waals surface area contributed by atoms with Gasteiger partial charge in [0.25, 0.3) is 0 Å². The Balaban J connectivity index is 2.75. The maximum absolute atomic E-state index is 12.2. The van der Waals surface area contributed by atoms with E-state index in [9.17, 15) is 9.90 Å². The van der Waals surface area contributed by atoms with Gasteiger partial charge in [-0.05, 0) is 19.4 Å². The monoisotopic (exact) mass is 399 g/mol. The van der Waals surface area contributed by atoms with Gasteiger partial charge in [0.05, 0.1) is 18.4 Å². The van der Waals surface area contributed by atoms with Gasteiger partial charge in [-0.3, -0.25) is 4.79 Å². The predicted molar refractivity (Wildman–Crippen MR) is 109 cm³/mol. The molecule has 8 nitrogen and oxygen atoms in total. The maximum Gasteiger partial charge on any atom is 0.306 e. The molecule has 8 heteroatoms. The van der Waals surface area contributed by atoms with E-state index in [1.807, 2.05) is 13.0 Å². The summed E-state index contributed by atoms with van der Waals surface area (Å²) in [6.07, 6.45) is 5.42. The molecule has 0 aliphatic carbocycles. The molecule has 0 radical (unpaired) electrons. The number of aliphatic hydroxyl groups excluding tert-OH is 1. The average Bonchev–Trinajstić information content (AvgIpc) is 2.64. The van der Waals surface area contributed by atoms with Gasteiger partial charge in [-0.15, -0.1) is 0 Å². The number of allylic oxidation sites excluding steroid dienone is 1. The van der Waals surface area contributed by atoms with E-state index in [1.54, 1.807) is 6.92 Å². The zero-order valence-electron chi connectivity index (χ0n) is 17.6. The van der Waals surface area contributed by atoms with Gasteiger partial charge in [0, 0.05) is 19.4 Å². The van der Waals surface area contributed by atoms with Gasteiger partial charge < -0.3 is 30.8 Å². The van der Waals surface area contributed by atoms with Crippen LogP contribution >= 0.6 is 0 Å². The largest absolute Gasteiger partial charge is 0.492 e. The SMILES string of the molecule is CCCCCCCC(=O)O[C@H](CO)[C@@H](OC)[C@@H]1OC(C)=C[C@H](N=C(N)N)[C@H]1C. The highest BCUT2D eigenvalue weighted by atomic mass is 16.6. The second kappa shape index (κ2) is 12.6. The van der Waals surface area contributed by atoms with E-state index in [2.05, 4.69) is 11.9 Å². The third-order valence-electron chi connectivity index (χ3n) is 4.99. The van der Waals surface area contributed by atoms with E-state index in [1.165, 1.54) is 13.5 Å². The third kappa shape index (κ3) is 7.67. The smallest absolute Gasteiger partial charge is 0.306 e. The van der Waals surface area contributed by atoms with Crippen LogP contribution in [0.25, 0.3) is 0 Å². The molecular weight excluding hydrogens is 362 g/mol. The van der Waals surface area contributed by atoms with Crippen LogP contribution in [0.15, 0.2) is 16.8 Å². The summed E-state index contributed by atoms with van der Waals surface area (Å²) in [5, 5.41) is 9.82. The van der Waals surface area contributed by atoms with Crippen molar-refractivity contribution in [3.63, 3.8) is 0 Å². The number of esters is 1. The molecule has 1 aliphatic heterocycles. The van der Waals surface area contributed by atoms with Crippen molar-refractivity contribution in [1.29, 1.82) is 0 Å². The van der Waals surface area contributed by atoms with Gasteiger partial charge in [-0.1, -0.05) is 39.5 Å². The van der Waals surface area contributed by atoms with Gasteiger partial charge >= 0.3 is 5.97 Å². The van der Waals surface area contributed by atoms with Gasteiger partial charge in [-0.2, -0.15) is 0 Å². The summed E-state index contributed by atoms with van der Waals surface area (Å²) in [7, 11) is 1.51. The molecule has 1 aliphatic rings. The minimum Gasteiger partial charge on any atom is -0.492 e. The molecule has 5 atom stereocenters. The Kier molecular flexibility index (Phi) is 10.9. The number of hydrogen-bond acceptors (Lipinski definition) is 6. The van der Waals surface area contributed by atoms with Crippen molar-refractivity contribution in [2.24, 2.45) is 22.4 Å². The van der Waals surface area contributed by atoms with E-state index >= 15 is 0 Å². The molecule has 0 aromatic carbocycles. The fraction of sp³-hybridized carbons (Fsp3) is 0.800. The Morgan fingerprint density at radius 3 is 2.57 bits per heavy atom. The first-order chi connectivity index (χ1) is 13.3. The van der Waals surface area contributed by atoms with Crippen LogP contribution in [0.2, 0.25) is 0 Å². The molecule has 1 heterocycles. The summed E-state index contributed by atoms with van der Waals surface area (Å²) in [6.45, 7) is 5.52. The number of carbonyl (C=O) groups is 1. The summed E-state index contributed by atoms with van der Waals surface area (Å²) < 4.78 is 17.0. The second-order valence-electron chi connectivity index (χ2n) is 7.34.